The number of benzene rings is 2. The molecule has 0 spiro atoms. The second-order valence-corrected chi connectivity index (χ2v) is 6.48. The number of carbonyl (C=O) groups is 1. The highest BCUT2D eigenvalue weighted by Gasteiger charge is 2.26. The highest BCUT2D eigenvalue weighted by Crippen LogP contribution is 2.33. The highest BCUT2D eigenvalue weighted by atomic mass is 79.9. The van der Waals surface area contributed by atoms with Crippen LogP contribution in [0.25, 0.3) is 0 Å². The fraction of sp³-hybridized carbons (Fsp3) is 0.278. The van der Waals surface area contributed by atoms with Crippen molar-refractivity contribution in [3.05, 3.63) is 64.1 Å². The van der Waals surface area contributed by atoms with E-state index < -0.39 is 0 Å². The Morgan fingerprint density at radius 3 is 2.67 bits per heavy atom. The normalized spacial score (nSPS) is 18.0. The first-order chi connectivity index (χ1) is 10.1. The second kappa shape index (κ2) is 6.02. The van der Waals surface area contributed by atoms with Gasteiger partial charge in [-0.1, -0.05) is 46.3 Å². The molecule has 0 amide bonds. The van der Waals surface area contributed by atoms with E-state index in [0.29, 0.717) is 5.92 Å². The molecule has 0 aliphatic carbocycles. The zero-order valence-electron chi connectivity index (χ0n) is 12.1. The van der Waals surface area contributed by atoms with Gasteiger partial charge < -0.3 is 4.90 Å². The third kappa shape index (κ3) is 3.03. The molecule has 1 fully saturated rings. The molecule has 2 aromatic carbocycles. The van der Waals surface area contributed by atoms with E-state index in [4.69, 9.17) is 0 Å². The molecule has 0 N–H and O–H groups in total. The Labute approximate surface area is 133 Å². The Balaban J connectivity index is 1.85. The summed E-state index contributed by atoms with van der Waals surface area (Å²) in [4.78, 5) is 14.2. The number of hydrogen-bond acceptors (Lipinski definition) is 2. The van der Waals surface area contributed by atoms with Crippen LogP contribution in [0.3, 0.4) is 0 Å². The summed E-state index contributed by atoms with van der Waals surface area (Å²) in [7, 11) is 0. The number of halogens is 1. The summed E-state index contributed by atoms with van der Waals surface area (Å²) in [6, 6.07) is 16.6. The van der Waals surface area contributed by atoms with Gasteiger partial charge in [0.05, 0.1) is 0 Å². The molecule has 108 valence electrons. The summed E-state index contributed by atoms with van der Waals surface area (Å²) in [5.41, 5.74) is 3.25. The smallest absolute Gasteiger partial charge is 0.161 e. The van der Waals surface area contributed by atoms with Crippen LogP contribution in [0.4, 0.5) is 5.69 Å². The third-order valence-electron chi connectivity index (χ3n) is 4.14. The van der Waals surface area contributed by atoms with Crippen LogP contribution < -0.4 is 4.90 Å². The molecule has 1 heterocycles. The fourth-order valence-corrected chi connectivity index (χ4v) is 3.40. The molecule has 3 heteroatoms. The van der Waals surface area contributed by atoms with Crippen molar-refractivity contribution in [2.24, 2.45) is 0 Å². The second-order valence-electron chi connectivity index (χ2n) is 5.56. The van der Waals surface area contributed by atoms with Crippen molar-refractivity contribution >= 4 is 27.4 Å². The van der Waals surface area contributed by atoms with E-state index in [-0.39, 0.29) is 5.78 Å². The number of nitrogens with zero attached hydrogens (tertiary/aromatic N) is 1. The molecule has 1 saturated heterocycles. The van der Waals surface area contributed by atoms with E-state index in [1.54, 1.807) is 6.92 Å². The van der Waals surface area contributed by atoms with E-state index in [1.807, 2.05) is 18.2 Å². The zero-order valence-corrected chi connectivity index (χ0v) is 13.6. The third-order valence-corrected chi connectivity index (χ3v) is 4.63. The lowest BCUT2D eigenvalue weighted by molar-refractivity contribution is 0.101. The van der Waals surface area contributed by atoms with Crippen LogP contribution in [0.2, 0.25) is 0 Å². The van der Waals surface area contributed by atoms with E-state index in [0.717, 1.165) is 35.2 Å². The lowest BCUT2D eigenvalue weighted by Gasteiger charge is -2.21. The maximum Gasteiger partial charge on any atom is 0.161 e. The molecule has 3 rings (SSSR count). The van der Waals surface area contributed by atoms with Crippen LogP contribution in [-0.4, -0.2) is 18.9 Å². The predicted octanol–water partition coefficient (Wildman–Crippen LogP) is 4.65. The number of carbonyl (C=O) groups excluding carboxylic acids is 1. The van der Waals surface area contributed by atoms with Gasteiger partial charge in [0, 0.05) is 34.7 Å². The molecule has 1 atom stereocenters. The first-order valence-electron chi connectivity index (χ1n) is 7.25. The number of rotatable bonds is 3. The van der Waals surface area contributed by atoms with Gasteiger partial charge in [0.2, 0.25) is 0 Å². The van der Waals surface area contributed by atoms with Gasteiger partial charge in [0.1, 0.15) is 0 Å². The topological polar surface area (TPSA) is 20.3 Å². The Bertz CT molecular complexity index is 654. The van der Waals surface area contributed by atoms with E-state index in [2.05, 4.69) is 51.2 Å². The van der Waals surface area contributed by atoms with Crippen LogP contribution in [0.15, 0.2) is 53.0 Å². The van der Waals surface area contributed by atoms with Crippen LogP contribution in [0, 0.1) is 0 Å². The maximum absolute atomic E-state index is 11.9. The predicted molar refractivity (Wildman–Crippen MR) is 90.2 cm³/mol. The monoisotopic (exact) mass is 343 g/mol. The summed E-state index contributed by atoms with van der Waals surface area (Å²) in [5.74, 6) is 0.670. The average molecular weight is 344 g/mol. The summed E-state index contributed by atoms with van der Waals surface area (Å²) in [5, 5.41) is 0. The lowest BCUT2D eigenvalue weighted by atomic mass is 9.99. The van der Waals surface area contributed by atoms with Crippen molar-refractivity contribution in [2.75, 3.05) is 18.0 Å². The van der Waals surface area contributed by atoms with Gasteiger partial charge in [-0.3, -0.25) is 4.79 Å². The van der Waals surface area contributed by atoms with Gasteiger partial charge >= 0.3 is 0 Å². The molecule has 2 aromatic rings. The fourth-order valence-electron chi connectivity index (χ4n) is 3.04. The zero-order chi connectivity index (χ0) is 14.8. The van der Waals surface area contributed by atoms with E-state index in [1.165, 1.54) is 5.56 Å². The van der Waals surface area contributed by atoms with Gasteiger partial charge in [-0.25, -0.2) is 0 Å². The number of Topliss-reactive ketones (excluding diaryl/α,β-unsaturated/α-hetero) is 1. The summed E-state index contributed by atoms with van der Waals surface area (Å²) in [6.45, 7) is 3.61. The van der Waals surface area contributed by atoms with E-state index in [9.17, 15) is 4.79 Å². The molecule has 0 saturated carbocycles. The highest BCUT2D eigenvalue weighted by molar-refractivity contribution is 9.10. The van der Waals surface area contributed by atoms with E-state index >= 15 is 0 Å². The molecule has 0 aromatic heterocycles. The quantitative estimate of drug-likeness (QED) is 0.756. The molecule has 0 bridgehead atoms. The van der Waals surface area contributed by atoms with Crippen LogP contribution >= 0.6 is 15.9 Å². The van der Waals surface area contributed by atoms with Gasteiger partial charge in [-0.2, -0.15) is 0 Å². The Hall–Kier alpha value is -1.61. The molecule has 21 heavy (non-hydrogen) atoms. The molecular weight excluding hydrogens is 326 g/mol. The van der Waals surface area contributed by atoms with Gasteiger partial charge in [0.15, 0.2) is 5.78 Å². The minimum Gasteiger partial charge on any atom is -0.370 e. The van der Waals surface area contributed by atoms with Crippen LogP contribution in [-0.2, 0) is 0 Å². The summed E-state index contributed by atoms with van der Waals surface area (Å²) in [6.07, 6.45) is 1.14. The van der Waals surface area contributed by atoms with Crippen molar-refractivity contribution in [2.45, 2.75) is 19.3 Å². The summed E-state index contributed by atoms with van der Waals surface area (Å²) >= 11 is 3.45. The van der Waals surface area contributed by atoms with Gasteiger partial charge in [-0.15, -0.1) is 0 Å². The first-order valence-corrected chi connectivity index (χ1v) is 8.05. The van der Waals surface area contributed by atoms with Crippen LogP contribution in [0.1, 0.15) is 35.2 Å². The standard InChI is InChI=1S/C18H18BrNO/c1-13(21)17-11-16(19)7-8-18(17)20-10-9-15(12-20)14-5-3-2-4-6-14/h2-8,11,15H,9-10,12H2,1H3. The van der Waals surface area contributed by atoms with Crippen molar-refractivity contribution < 1.29 is 4.79 Å². The summed E-state index contributed by atoms with van der Waals surface area (Å²) < 4.78 is 0.954. The average Bonchev–Trinajstić information content (AvgIpc) is 2.97. The lowest BCUT2D eigenvalue weighted by Crippen LogP contribution is -2.21. The number of ketones is 1. The molecular formula is C18H18BrNO. The van der Waals surface area contributed by atoms with Gasteiger partial charge in [0.25, 0.3) is 0 Å². The van der Waals surface area contributed by atoms with Crippen LogP contribution in [0.5, 0.6) is 0 Å². The van der Waals surface area contributed by atoms with Crippen molar-refractivity contribution in [1.82, 2.24) is 0 Å². The molecule has 2 nitrogen and oxygen atoms in total. The minimum atomic E-state index is 0.120. The Kier molecular flexibility index (Phi) is 4.11. The first kappa shape index (κ1) is 14.3. The SMILES string of the molecule is CC(=O)c1cc(Br)ccc1N1CCC(c2ccccc2)C1. The molecule has 1 aliphatic heterocycles. The maximum atomic E-state index is 11.9. The largest absolute Gasteiger partial charge is 0.370 e. The molecule has 1 unspecified atom stereocenters. The number of hydrogen-bond donors (Lipinski definition) is 0. The number of anilines is 1. The van der Waals surface area contributed by atoms with Crippen molar-refractivity contribution in [3.63, 3.8) is 0 Å². The minimum absolute atomic E-state index is 0.120. The van der Waals surface area contributed by atoms with Crippen molar-refractivity contribution in [1.29, 1.82) is 0 Å². The van der Waals surface area contributed by atoms with Crippen molar-refractivity contribution in [3.8, 4) is 0 Å². The Morgan fingerprint density at radius 2 is 1.95 bits per heavy atom. The Morgan fingerprint density at radius 1 is 1.19 bits per heavy atom. The molecule has 1 aliphatic rings. The molecule has 0 radical (unpaired) electrons. The van der Waals surface area contributed by atoms with Gasteiger partial charge in [-0.05, 0) is 37.1 Å².